The number of carbonyl (C=O) groups is 1. The van der Waals surface area contributed by atoms with Gasteiger partial charge in [0, 0.05) is 30.3 Å². The Morgan fingerprint density at radius 1 is 1.33 bits per heavy atom. The van der Waals surface area contributed by atoms with Gasteiger partial charge in [-0.2, -0.15) is 0 Å². The largest absolute Gasteiger partial charge is 0.481 e. The molecule has 6 heteroatoms. The number of aromatic nitrogens is 2. The second-order valence-electron chi connectivity index (χ2n) is 7.66. The minimum absolute atomic E-state index is 0.257. The molecular weight excluding hydrogens is 345 g/mol. The van der Waals surface area contributed by atoms with Crippen LogP contribution in [0.25, 0.3) is 16.6 Å². The Hall–Kier alpha value is -2.63. The average Bonchev–Trinajstić information content (AvgIpc) is 3.06. The Morgan fingerprint density at radius 2 is 2.07 bits per heavy atom. The average molecular weight is 369 g/mol. The lowest BCUT2D eigenvalue weighted by Crippen LogP contribution is -2.36. The summed E-state index contributed by atoms with van der Waals surface area (Å²) in [4.78, 5) is 21.2. The molecule has 2 heterocycles. The van der Waals surface area contributed by atoms with E-state index in [1.54, 1.807) is 0 Å². The van der Waals surface area contributed by atoms with E-state index < -0.39 is 12.1 Å². The van der Waals surface area contributed by atoms with Gasteiger partial charge < -0.3 is 15.0 Å². The molecule has 2 unspecified atom stereocenters. The molecule has 5 nitrogen and oxygen atoms in total. The van der Waals surface area contributed by atoms with Crippen molar-refractivity contribution in [2.45, 2.75) is 32.9 Å². The van der Waals surface area contributed by atoms with Gasteiger partial charge in [-0.3, -0.25) is 4.79 Å². The highest BCUT2D eigenvalue weighted by atomic mass is 19.1. The van der Waals surface area contributed by atoms with Gasteiger partial charge in [-0.15, -0.1) is 0 Å². The monoisotopic (exact) mass is 369 g/mol. The number of piperidine rings is 1. The van der Waals surface area contributed by atoms with Crippen LogP contribution >= 0.6 is 0 Å². The zero-order chi connectivity index (χ0) is 19.1. The molecule has 2 aliphatic rings. The molecule has 0 radical (unpaired) electrons. The first kappa shape index (κ1) is 17.8. The Labute approximate surface area is 157 Å². The highest BCUT2D eigenvalue weighted by Crippen LogP contribution is 2.34. The van der Waals surface area contributed by atoms with E-state index in [1.165, 1.54) is 0 Å². The first-order chi connectivity index (χ1) is 12.9. The SMILES string of the molecule is Cc1ccc2nc(C3=CC(N4CCC(C(=O)O)CC4)=CC(C)C3F)[nH]c2c1. The molecule has 1 saturated heterocycles. The number of aliphatic carboxylic acids is 1. The number of aryl methyl sites for hydroxylation is 1. The number of alkyl halides is 1. The summed E-state index contributed by atoms with van der Waals surface area (Å²) in [5.41, 5.74) is 4.39. The van der Waals surface area contributed by atoms with Crippen LogP contribution < -0.4 is 0 Å². The number of H-pyrrole nitrogens is 1. The predicted octanol–water partition coefficient (Wildman–Crippen LogP) is 3.92. The lowest BCUT2D eigenvalue weighted by Gasteiger charge is -2.35. The fourth-order valence-corrected chi connectivity index (χ4v) is 3.96. The molecule has 142 valence electrons. The number of likely N-dealkylation sites (tertiary alicyclic amines) is 1. The molecule has 2 N–H and O–H groups in total. The topological polar surface area (TPSA) is 69.2 Å². The minimum Gasteiger partial charge on any atom is -0.481 e. The van der Waals surface area contributed by atoms with Crippen LogP contribution in [0.1, 0.15) is 31.2 Å². The normalized spacial score (nSPS) is 24.0. The van der Waals surface area contributed by atoms with Crippen molar-refractivity contribution in [1.82, 2.24) is 14.9 Å². The third-order valence-electron chi connectivity index (χ3n) is 5.62. The van der Waals surface area contributed by atoms with E-state index in [0.717, 1.165) is 22.3 Å². The van der Waals surface area contributed by atoms with Crippen LogP contribution in [0, 0.1) is 18.8 Å². The molecule has 0 saturated carbocycles. The second kappa shape index (κ2) is 6.83. The van der Waals surface area contributed by atoms with Gasteiger partial charge in [-0.25, -0.2) is 9.37 Å². The number of hydrogen-bond donors (Lipinski definition) is 2. The summed E-state index contributed by atoms with van der Waals surface area (Å²) in [6, 6.07) is 5.95. The fourth-order valence-electron chi connectivity index (χ4n) is 3.96. The lowest BCUT2D eigenvalue weighted by atomic mass is 9.89. The lowest BCUT2D eigenvalue weighted by molar-refractivity contribution is -0.143. The Bertz CT molecular complexity index is 938. The molecule has 0 spiro atoms. The first-order valence-electron chi connectivity index (χ1n) is 9.44. The number of carboxylic acids is 1. The van der Waals surface area contributed by atoms with Crippen molar-refractivity contribution in [3.05, 3.63) is 47.4 Å². The number of allylic oxidation sites excluding steroid dienone is 3. The Morgan fingerprint density at radius 3 is 2.78 bits per heavy atom. The van der Waals surface area contributed by atoms with Crippen molar-refractivity contribution >= 4 is 22.6 Å². The summed E-state index contributed by atoms with van der Waals surface area (Å²) in [5.74, 6) is -0.690. The second-order valence-corrected chi connectivity index (χ2v) is 7.66. The molecule has 4 rings (SSSR count). The minimum atomic E-state index is -1.12. The van der Waals surface area contributed by atoms with Crippen LogP contribution in [-0.4, -0.2) is 45.2 Å². The van der Waals surface area contributed by atoms with Crippen LogP contribution in [-0.2, 0) is 4.79 Å². The van der Waals surface area contributed by atoms with Crippen molar-refractivity contribution < 1.29 is 14.3 Å². The van der Waals surface area contributed by atoms with Crippen LogP contribution in [0.5, 0.6) is 0 Å². The number of aromatic amines is 1. The number of benzene rings is 1. The van der Waals surface area contributed by atoms with Crippen molar-refractivity contribution in [3.8, 4) is 0 Å². The van der Waals surface area contributed by atoms with Gasteiger partial charge >= 0.3 is 5.97 Å². The van der Waals surface area contributed by atoms with E-state index in [4.69, 9.17) is 0 Å². The van der Waals surface area contributed by atoms with Gasteiger partial charge in [-0.05, 0) is 43.5 Å². The summed E-state index contributed by atoms with van der Waals surface area (Å²) in [5, 5.41) is 9.18. The third-order valence-corrected chi connectivity index (χ3v) is 5.62. The van der Waals surface area contributed by atoms with Gasteiger partial charge in [-0.1, -0.05) is 19.1 Å². The quantitative estimate of drug-likeness (QED) is 0.860. The van der Waals surface area contributed by atoms with Gasteiger partial charge in [0.1, 0.15) is 12.0 Å². The molecule has 1 aliphatic carbocycles. The van der Waals surface area contributed by atoms with Gasteiger partial charge in [0.2, 0.25) is 0 Å². The molecule has 1 aliphatic heterocycles. The number of hydrogen-bond acceptors (Lipinski definition) is 3. The summed E-state index contributed by atoms with van der Waals surface area (Å²) >= 11 is 0. The van der Waals surface area contributed by atoms with Crippen molar-refractivity contribution in [3.63, 3.8) is 0 Å². The number of carboxylic acid groups (broad SMARTS) is 1. The maximum Gasteiger partial charge on any atom is 0.306 e. The van der Waals surface area contributed by atoms with Crippen molar-refractivity contribution in [1.29, 1.82) is 0 Å². The number of nitrogens with one attached hydrogen (secondary N) is 1. The van der Waals surface area contributed by atoms with Crippen molar-refractivity contribution in [2.75, 3.05) is 13.1 Å². The van der Waals surface area contributed by atoms with Gasteiger partial charge in [0.25, 0.3) is 0 Å². The van der Waals surface area contributed by atoms with E-state index in [0.29, 0.717) is 37.3 Å². The number of imidazole rings is 1. The molecule has 2 aromatic rings. The van der Waals surface area contributed by atoms with E-state index >= 15 is 0 Å². The molecule has 2 atom stereocenters. The number of nitrogens with zero attached hydrogens (tertiary/aromatic N) is 2. The fraction of sp³-hybridized carbons (Fsp3) is 0.429. The molecular formula is C21H24FN3O2. The summed E-state index contributed by atoms with van der Waals surface area (Å²) < 4.78 is 15.0. The van der Waals surface area contributed by atoms with E-state index in [2.05, 4.69) is 14.9 Å². The summed E-state index contributed by atoms with van der Waals surface area (Å²) in [6.07, 6.45) is 3.94. The van der Waals surface area contributed by atoms with E-state index in [9.17, 15) is 14.3 Å². The molecule has 27 heavy (non-hydrogen) atoms. The highest BCUT2D eigenvalue weighted by molar-refractivity contribution is 5.81. The number of fused-ring (bicyclic) bond motifs is 1. The van der Waals surface area contributed by atoms with Gasteiger partial charge in [0.05, 0.1) is 17.0 Å². The maximum absolute atomic E-state index is 15.0. The van der Waals surface area contributed by atoms with Crippen LogP contribution in [0.4, 0.5) is 4.39 Å². The number of rotatable bonds is 3. The molecule has 0 amide bonds. The van der Waals surface area contributed by atoms with E-state index in [-0.39, 0.29) is 11.8 Å². The Kier molecular flexibility index (Phi) is 4.50. The van der Waals surface area contributed by atoms with Gasteiger partial charge in [0.15, 0.2) is 0 Å². The first-order valence-corrected chi connectivity index (χ1v) is 9.44. The molecule has 0 bridgehead atoms. The Balaban J connectivity index is 1.63. The summed E-state index contributed by atoms with van der Waals surface area (Å²) in [6.45, 7) is 5.24. The maximum atomic E-state index is 15.0. The summed E-state index contributed by atoms with van der Waals surface area (Å²) in [7, 11) is 0. The van der Waals surface area contributed by atoms with Crippen molar-refractivity contribution in [2.24, 2.45) is 11.8 Å². The zero-order valence-corrected chi connectivity index (χ0v) is 15.6. The molecule has 1 fully saturated rings. The molecule has 1 aromatic heterocycles. The van der Waals surface area contributed by atoms with Crippen LogP contribution in [0.2, 0.25) is 0 Å². The predicted molar refractivity (Wildman–Crippen MR) is 103 cm³/mol. The molecule has 1 aromatic carbocycles. The van der Waals surface area contributed by atoms with E-state index in [1.807, 2.05) is 44.2 Å². The standard InChI is InChI=1S/C21H24FN3O2/c1-12-3-4-17-18(9-12)24-20(23-17)16-11-15(10-13(2)19(16)22)25-7-5-14(6-8-25)21(26)27/h3-4,9-11,13-14,19H,5-8H2,1-2H3,(H,23,24)(H,26,27). The zero-order valence-electron chi connectivity index (χ0n) is 15.6. The smallest absolute Gasteiger partial charge is 0.306 e. The highest BCUT2D eigenvalue weighted by Gasteiger charge is 2.31. The van der Waals surface area contributed by atoms with Crippen LogP contribution in [0.3, 0.4) is 0 Å². The third kappa shape index (κ3) is 3.36. The van der Waals surface area contributed by atoms with Crippen LogP contribution in [0.15, 0.2) is 36.0 Å². The number of halogens is 1.